The highest BCUT2D eigenvalue weighted by Gasteiger charge is 2.15. The smallest absolute Gasteiger partial charge is 0.230 e. The molecule has 0 radical (unpaired) electrons. The SMILES string of the molecule is C[C@@H](NC(=O)CSCc1ccc(Br)cc1)c1ccc2c(c1)OCCO2. The summed E-state index contributed by atoms with van der Waals surface area (Å²) in [6.07, 6.45) is 0. The Morgan fingerprint density at radius 3 is 2.64 bits per heavy atom. The van der Waals surface area contributed by atoms with Crippen LogP contribution in [0, 0.1) is 0 Å². The van der Waals surface area contributed by atoms with Crippen molar-refractivity contribution in [3.8, 4) is 11.5 Å². The number of nitrogens with one attached hydrogen (secondary N) is 1. The van der Waals surface area contributed by atoms with Crippen LogP contribution in [0.4, 0.5) is 0 Å². The zero-order chi connectivity index (χ0) is 17.6. The predicted octanol–water partition coefficient (Wildman–Crippen LogP) is 4.33. The molecule has 1 atom stereocenters. The molecular weight excluding hydrogens is 402 g/mol. The van der Waals surface area contributed by atoms with Crippen LogP contribution in [0.2, 0.25) is 0 Å². The normalized spacial score (nSPS) is 14.0. The van der Waals surface area contributed by atoms with Crippen LogP contribution in [0.5, 0.6) is 11.5 Å². The molecule has 6 heteroatoms. The fourth-order valence-electron chi connectivity index (χ4n) is 2.54. The van der Waals surface area contributed by atoms with Gasteiger partial charge in [-0.3, -0.25) is 4.79 Å². The Hall–Kier alpha value is -1.66. The third-order valence-electron chi connectivity index (χ3n) is 3.86. The first-order valence-corrected chi connectivity index (χ1v) is 10.1. The third kappa shape index (κ3) is 5.16. The van der Waals surface area contributed by atoms with Crippen LogP contribution < -0.4 is 14.8 Å². The van der Waals surface area contributed by atoms with E-state index in [1.165, 1.54) is 5.56 Å². The highest BCUT2D eigenvalue weighted by molar-refractivity contribution is 9.10. The number of hydrogen-bond donors (Lipinski definition) is 1. The maximum absolute atomic E-state index is 12.2. The van der Waals surface area contributed by atoms with Gasteiger partial charge in [0.25, 0.3) is 0 Å². The molecule has 1 heterocycles. The van der Waals surface area contributed by atoms with Gasteiger partial charge in [0.2, 0.25) is 5.91 Å². The molecule has 1 aliphatic rings. The predicted molar refractivity (Wildman–Crippen MR) is 104 cm³/mol. The summed E-state index contributed by atoms with van der Waals surface area (Å²) < 4.78 is 12.2. The summed E-state index contributed by atoms with van der Waals surface area (Å²) >= 11 is 5.03. The zero-order valence-electron chi connectivity index (χ0n) is 14.0. The molecule has 0 fully saturated rings. The first-order chi connectivity index (χ1) is 12.1. The number of amides is 1. The van der Waals surface area contributed by atoms with Crippen LogP contribution in [0.15, 0.2) is 46.9 Å². The van der Waals surface area contributed by atoms with Crippen molar-refractivity contribution in [3.63, 3.8) is 0 Å². The highest BCUT2D eigenvalue weighted by Crippen LogP contribution is 2.32. The van der Waals surface area contributed by atoms with E-state index in [1.54, 1.807) is 11.8 Å². The van der Waals surface area contributed by atoms with E-state index in [9.17, 15) is 4.79 Å². The fraction of sp³-hybridized carbons (Fsp3) is 0.316. The van der Waals surface area contributed by atoms with Crippen molar-refractivity contribution in [3.05, 3.63) is 58.1 Å². The number of rotatable bonds is 6. The van der Waals surface area contributed by atoms with E-state index in [4.69, 9.17) is 9.47 Å². The lowest BCUT2D eigenvalue weighted by Gasteiger charge is -2.21. The minimum absolute atomic E-state index is 0.0319. The van der Waals surface area contributed by atoms with Gasteiger partial charge in [-0.2, -0.15) is 0 Å². The van der Waals surface area contributed by atoms with Crippen LogP contribution in [0.3, 0.4) is 0 Å². The van der Waals surface area contributed by atoms with Gasteiger partial charge in [0.1, 0.15) is 13.2 Å². The fourth-order valence-corrected chi connectivity index (χ4v) is 3.60. The van der Waals surface area contributed by atoms with Crippen molar-refractivity contribution in [2.45, 2.75) is 18.7 Å². The molecule has 0 bridgehead atoms. The number of carbonyl (C=O) groups excluding carboxylic acids is 1. The van der Waals surface area contributed by atoms with E-state index in [-0.39, 0.29) is 11.9 Å². The first kappa shape index (κ1) is 18.1. The minimum atomic E-state index is -0.0726. The van der Waals surface area contributed by atoms with Crippen LogP contribution in [-0.2, 0) is 10.5 Å². The van der Waals surface area contributed by atoms with Gasteiger partial charge in [0, 0.05) is 10.2 Å². The molecule has 0 aromatic heterocycles. The number of halogens is 1. The van der Waals surface area contributed by atoms with Crippen LogP contribution in [0.1, 0.15) is 24.1 Å². The summed E-state index contributed by atoms with van der Waals surface area (Å²) in [5, 5.41) is 3.03. The Balaban J connectivity index is 1.48. The van der Waals surface area contributed by atoms with Gasteiger partial charge in [-0.15, -0.1) is 11.8 Å². The molecule has 1 amide bonds. The van der Waals surface area contributed by atoms with Crippen LogP contribution in [-0.4, -0.2) is 24.9 Å². The average molecular weight is 422 g/mol. The van der Waals surface area contributed by atoms with Gasteiger partial charge in [0.15, 0.2) is 11.5 Å². The number of fused-ring (bicyclic) bond motifs is 1. The Morgan fingerprint density at radius 2 is 1.88 bits per heavy atom. The average Bonchev–Trinajstić information content (AvgIpc) is 2.63. The Bertz CT molecular complexity index is 736. The van der Waals surface area contributed by atoms with Gasteiger partial charge in [0.05, 0.1) is 11.8 Å². The van der Waals surface area contributed by atoms with Crippen molar-refractivity contribution in [1.82, 2.24) is 5.32 Å². The minimum Gasteiger partial charge on any atom is -0.486 e. The van der Waals surface area contributed by atoms with Gasteiger partial charge in [-0.05, 0) is 42.3 Å². The molecule has 0 saturated heterocycles. The molecule has 2 aromatic rings. The van der Waals surface area contributed by atoms with Crippen molar-refractivity contribution in [2.24, 2.45) is 0 Å². The maximum atomic E-state index is 12.2. The van der Waals surface area contributed by atoms with Crippen molar-refractivity contribution in [2.75, 3.05) is 19.0 Å². The maximum Gasteiger partial charge on any atom is 0.230 e. The second kappa shape index (κ2) is 8.63. The van der Waals surface area contributed by atoms with Crippen molar-refractivity contribution >= 4 is 33.6 Å². The van der Waals surface area contributed by atoms with Gasteiger partial charge in [-0.1, -0.05) is 34.1 Å². The van der Waals surface area contributed by atoms with Crippen molar-refractivity contribution < 1.29 is 14.3 Å². The Morgan fingerprint density at radius 1 is 1.16 bits per heavy atom. The highest BCUT2D eigenvalue weighted by atomic mass is 79.9. The molecule has 0 unspecified atom stereocenters. The number of thioether (sulfide) groups is 1. The van der Waals surface area contributed by atoms with Gasteiger partial charge in [-0.25, -0.2) is 0 Å². The number of carbonyl (C=O) groups is 1. The number of hydrogen-bond acceptors (Lipinski definition) is 4. The first-order valence-electron chi connectivity index (χ1n) is 8.13. The lowest BCUT2D eigenvalue weighted by Crippen LogP contribution is -2.28. The van der Waals surface area contributed by atoms with E-state index in [2.05, 4.69) is 33.4 Å². The molecule has 0 aliphatic carbocycles. The molecular formula is C19H20BrNO3S. The monoisotopic (exact) mass is 421 g/mol. The molecule has 0 spiro atoms. The quantitative estimate of drug-likeness (QED) is 0.753. The number of ether oxygens (including phenoxy) is 2. The molecule has 2 aromatic carbocycles. The van der Waals surface area contributed by atoms with E-state index in [1.807, 2.05) is 37.3 Å². The molecule has 3 rings (SSSR count). The van der Waals surface area contributed by atoms with Crippen molar-refractivity contribution in [1.29, 1.82) is 0 Å². The third-order valence-corrected chi connectivity index (χ3v) is 5.39. The van der Waals surface area contributed by atoms with E-state index >= 15 is 0 Å². The van der Waals surface area contributed by atoms with Gasteiger partial charge >= 0.3 is 0 Å². The zero-order valence-corrected chi connectivity index (χ0v) is 16.4. The summed E-state index contributed by atoms with van der Waals surface area (Å²) in [5.74, 6) is 2.79. The molecule has 1 aliphatic heterocycles. The Labute approximate surface area is 160 Å². The molecule has 132 valence electrons. The largest absolute Gasteiger partial charge is 0.486 e. The summed E-state index contributed by atoms with van der Waals surface area (Å²) in [6.45, 7) is 3.11. The molecule has 4 nitrogen and oxygen atoms in total. The second-order valence-corrected chi connectivity index (χ2v) is 7.71. The standard InChI is InChI=1S/C19H20BrNO3S/c1-13(15-4-7-17-18(10-15)24-9-8-23-17)21-19(22)12-25-11-14-2-5-16(20)6-3-14/h2-7,10,13H,8-9,11-12H2,1H3,(H,21,22)/t13-/m1/s1. The summed E-state index contributed by atoms with van der Waals surface area (Å²) in [6, 6.07) is 13.9. The topological polar surface area (TPSA) is 47.6 Å². The second-order valence-electron chi connectivity index (χ2n) is 5.81. The lowest BCUT2D eigenvalue weighted by atomic mass is 10.1. The Kier molecular flexibility index (Phi) is 6.26. The van der Waals surface area contributed by atoms with E-state index in [0.29, 0.717) is 19.0 Å². The van der Waals surface area contributed by atoms with Gasteiger partial charge < -0.3 is 14.8 Å². The molecule has 1 N–H and O–H groups in total. The van der Waals surface area contributed by atoms with E-state index < -0.39 is 0 Å². The van der Waals surface area contributed by atoms with Crippen LogP contribution in [0.25, 0.3) is 0 Å². The summed E-state index contributed by atoms with van der Waals surface area (Å²) in [5.41, 5.74) is 2.22. The summed E-state index contributed by atoms with van der Waals surface area (Å²) in [7, 11) is 0. The number of benzene rings is 2. The van der Waals surface area contributed by atoms with E-state index in [0.717, 1.165) is 27.3 Å². The summed E-state index contributed by atoms with van der Waals surface area (Å²) in [4.78, 5) is 12.2. The lowest BCUT2D eigenvalue weighted by molar-refractivity contribution is -0.119. The molecule has 25 heavy (non-hydrogen) atoms. The van der Waals surface area contributed by atoms with Crippen LogP contribution >= 0.6 is 27.7 Å². The molecule has 0 saturated carbocycles.